The molecule has 0 aliphatic heterocycles. The van der Waals surface area contributed by atoms with Gasteiger partial charge in [0.25, 0.3) is 5.56 Å². The second-order valence-electron chi connectivity index (χ2n) is 5.32. The third-order valence-electron chi connectivity index (χ3n) is 3.64. The number of hydrogen-bond acceptors (Lipinski definition) is 5. The fourth-order valence-corrected chi connectivity index (χ4v) is 2.39. The Morgan fingerprint density at radius 1 is 1.08 bits per heavy atom. The van der Waals surface area contributed by atoms with E-state index in [4.69, 9.17) is 4.74 Å². The first-order valence-electron chi connectivity index (χ1n) is 7.75. The summed E-state index contributed by atoms with van der Waals surface area (Å²) in [6, 6.07) is 19.9. The lowest BCUT2D eigenvalue weighted by molar-refractivity contribution is 0.0593. The maximum Gasteiger partial charge on any atom is 0.360 e. The third-order valence-corrected chi connectivity index (χ3v) is 3.64. The van der Waals surface area contributed by atoms with E-state index in [1.165, 1.54) is 17.9 Å². The minimum absolute atomic E-state index is 0.0573. The van der Waals surface area contributed by atoms with E-state index in [2.05, 4.69) is 10.4 Å². The minimum Gasteiger partial charge on any atom is -0.464 e. The van der Waals surface area contributed by atoms with Gasteiger partial charge in [-0.3, -0.25) is 4.79 Å². The molecule has 0 amide bonds. The highest BCUT2D eigenvalue weighted by molar-refractivity contribution is 5.93. The summed E-state index contributed by atoms with van der Waals surface area (Å²) in [4.78, 5) is 24.5. The molecule has 0 saturated heterocycles. The van der Waals surface area contributed by atoms with Gasteiger partial charge < -0.3 is 10.1 Å². The first-order valence-corrected chi connectivity index (χ1v) is 7.75. The first kappa shape index (κ1) is 16.4. The van der Waals surface area contributed by atoms with E-state index >= 15 is 0 Å². The van der Waals surface area contributed by atoms with Gasteiger partial charge in [0.2, 0.25) is 0 Å². The number of methoxy groups -OCH3 is 1. The van der Waals surface area contributed by atoms with Crippen molar-refractivity contribution in [1.82, 2.24) is 9.78 Å². The number of hydrogen-bond donors (Lipinski definition) is 1. The molecule has 126 valence electrons. The lowest BCUT2D eigenvalue weighted by Gasteiger charge is -2.12. The number of para-hydroxylation sites is 1. The Morgan fingerprint density at radius 3 is 2.36 bits per heavy atom. The molecule has 0 radical (unpaired) electrons. The van der Waals surface area contributed by atoms with Gasteiger partial charge in [0, 0.05) is 12.6 Å². The van der Waals surface area contributed by atoms with Crippen molar-refractivity contribution in [2.75, 3.05) is 12.4 Å². The Kier molecular flexibility index (Phi) is 4.89. The highest BCUT2D eigenvalue weighted by Gasteiger charge is 2.17. The summed E-state index contributed by atoms with van der Waals surface area (Å²) in [5.74, 6) is -0.611. The average molecular weight is 335 g/mol. The Balaban J connectivity index is 1.98. The number of nitrogens with zero attached hydrogens (tertiary/aromatic N) is 2. The molecule has 0 atom stereocenters. The highest BCUT2D eigenvalue weighted by Crippen LogP contribution is 2.14. The molecule has 2 aromatic carbocycles. The molecule has 0 unspecified atom stereocenters. The summed E-state index contributed by atoms with van der Waals surface area (Å²) in [6.07, 6.45) is 0. The number of nitrogens with one attached hydrogen (secondary N) is 1. The van der Waals surface area contributed by atoms with Crippen molar-refractivity contribution in [1.29, 1.82) is 0 Å². The quantitative estimate of drug-likeness (QED) is 0.726. The number of rotatable bonds is 5. The van der Waals surface area contributed by atoms with Gasteiger partial charge in [-0.1, -0.05) is 48.5 Å². The second-order valence-corrected chi connectivity index (χ2v) is 5.32. The van der Waals surface area contributed by atoms with Gasteiger partial charge in [-0.2, -0.15) is 9.78 Å². The van der Waals surface area contributed by atoms with Crippen LogP contribution in [-0.4, -0.2) is 22.9 Å². The molecule has 0 aliphatic carbocycles. The summed E-state index contributed by atoms with van der Waals surface area (Å²) in [6.45, 7) is 0.460. The lowest BCUT2D eigenvalue weighted by Crippen LogP contribution is -2.25. The van der Waals surface area contributed by atoms with Crippen LogP contribution in [0.2, 0.25) is 0 Å². The molecular formula is C19H17N3O3. The number of carbonyl (C=O) groups excluding carboxylic acids is 1. The van der Waals surface area contributed by atoms with E-state index in [0.717, 1.165) is 5.56 Å². The molecule has 0 saturated carbocycles. The molecule has 1 aromatic heterocycles. The Bertz CT molecular complexity index is 922. The van der Waals surface area contributed by atoms with Gasteiger partial charge in [-0.25, -0.2) is 4.79 Å². The van der Waals surface area contributed by atoms with Crippen LogP contribution in [0.3, 0.4) is 0 Å². The molecule has 0 fully saturated rings. The van der Waals surface area contributed by atoms with Gasteiger partial charge in [0.05, 0.1) is 18.5 Å². The summed E-state index contributed by atoms with van der Waals surface area (Å²) < 4.78 is 5.98. The van der Waals surface area contributed by atoms with Gasteiger partial charge in [-0.15, -0.1) is 0 Å². The summed E-state index contributed by atoms with van der Waals surface area (Å²) in [5, 5.41) is 7.28. The number of anilines is 1. The average Bonchev–Trinajstić information content (AvgIpc) is 2.67. The Hall–Kier alpha value is -3.41. The van der Waals surface area contributed by atoms with E-state index in [0.29, 0.717) is 17.9 Å². The topological polar surface area (TPSA) is 73.2 Å². The molecule has 3 rings (SSSR count). The monoisotopic (exact) mass is 335 g/mol. The predicted molar refractivity (Wildman–Crippen MR) is 94.9 cm³/mol. The van der Waals surface area contributed by atoms with Crippen molar-refractivity contribution < 1.29 is 9.53 Å². The van der Waals surface area contributed by atoms with Crippen LogP contribution in [-0.2, 0) is 11.3 Å². The van der Waals surface area contributed by atoms with E-state index in [1.54, 1.807) is 24.3 Å². The van der Waals surface area contributed by atoms with Crippen molar-refractivity contribution in [3.8, 4) is 5.69 Å². The normalized spacial score (nSPS) is 10.3. The zero-order chi connectivity index (χ0) is 17.6. The molecule has 0 spiro atoms. The van der Waals surface area contributed by atoms with E-state index in [9.17, 15) is 9.59 Å². The van der Waals surface area contributed by atoms with Crippen LogP contribution in [0.25, 0.3) is 5.69 Å². The van der Waals surface area contributed by atoms with Crippen LogP contribution >= 0.6 is 0 Å². The molecule has 25 heavy (non-hydrogen) atoms. The maximum absolute atomic E-state index is 12.4. The van der Waals surface area contributed by atoms with Crippen LogP contribution in [0.4, 0.5) is 5.69 Å². The molecular weight excluding hydrogens is 318 g/mol. The first-order chi connectivity index (χ1) is 12.2. The molecule has 0 aliphatic rings. The molecule has 0 bridgehead atoms. The van der Waals surface area contributed by atoms with Crippen molar-refractivity contribution in [2.24, 2.45) is 0 Å². The number of aromatic nitrogens is 2. The molecule has 6 nitrogen and oxygen atoms in total. The van der Waals surface area contributed by atoms with Crippen molar-refractivity contribution in [3.05, 3.63) is 88.3 Å². The van der Waals surface area contributed by atoms with E-state index in [1.807, 2.05) is 36.4 Å². The van der Waals surface area contributed by atoms with Crippen molar-refractivity contribution in [2.45, 2.75) is 6.54 Å². The van der Waals surface area contributed by atoms with Gasteiger partial charge in [0.1, 0.15) is 0 Å². The van der Waals surface area contributed by atoms with Crippen LogP contribution in [0.1, 0.15) is 16.1 Å². The van der Waals surface area contributed by atoms with Crippen LogP contribution in [0.5, 0.6) is 0 Å². The van der Waals surface area contributed by atoms with E-state index in [-0.39, 0.29) is 11.3 Å². The van der Waals surface area contributed by atoms with Crippen LogP contribution in [0, 0.1) is 0 Å². The largest absolute Gasteiger partial charge is 0.464 e. The highest BCUT2D eigenvalue weighted by atomic mass is 16.5. The third kappa shape index (κ3) is 3.74. The van der Waals surface area contributed by atoms with Gasteiger partial charge in [0.15, 0.2) is 5.69 Å². The Morgan fingerprint density at radius 2 is 1.72 bits per heavy atom. The van der Waals surface area contributed by atoms with Crippen LogP contribution < -0.4 is 10.9 Å². The molecule has 1 heterocycles. The van der Waals surface area contributed by atoms with Gasteiger partial charge in [-0.05, 0) is 17.7 Å². The smallest absolute Gasteiger partial charge is 0.360 e. The number of benzene rings is 2. The molecule has 6 heteroatoms. The zero-order valence-corrected chi connectivity index (χ0v) is 13.7. The van der Waals surface area contributed by atoms with Gasteiger partial charge >= 0.3 is 5.97 Å². The fraction of sp³-hybridized carbons (Fsp3) is 0.105. The number of esters is 1. The zero-order valence-electron chi connectivity index (χ0n) is 13.7. The molecule has 3 aromatic rings. The van der Waals surface area contributed by atoms with Crippen LogP contribution in [0.15, 0.2) is 71.5 Å². The number of ether oxygens (including phenoxy) is 1. The standard InChI is InChI=1S/C19H17N3O3/c1-25-19(24)18-16(20-13-14-8-4-2-5-9-14)12-17(23)22(21-18)15-10-6-3-7-11-15/h2-12,20H,13H2,1H3. The molecule has 1 N–H and O–H groups in total. The van der Waals surface area contributed by atoms with Crippen molar-refractivity contribution >= 4 is 11.7 Å². The maximum atomic E-state index is 12.4. The van der Waals surface area contributed by atoms with E-state index < -0.39 is 5.97 Å². The Labute approximate surface area is 144 Å². The fourth-order valence-electron chi connectivity index (χ4n) is 2.39. The predicted octanol–water partition coefficient (Wildman–Crippen LogP) is 2.63. The van der Waals surface area contributed by atoms with Crippen molar-refractivity contribution in [3.63, 3.8) is 0 Å². The summed E-state index contributed by atoms with van der Waals surface area (Å²) >= 11 is 0. The second kappa shape index (κ2) is 7.44. The number of carbonyl (C=O) groups is 1. The summed E-state index contributed by atoms with van der Waals surface area (Å²) in [7, 11) is 1.28. The summed E-state index contributed by atoms with van der Waals surface area (Å²) in [5.41, 5.74) is 1.65. The minimum atomic E-state index is -0.611. The SMILES string of the molecule is COC(=O)c1nn(-c2ccccc2)c(=O)cc1NCc1ccccc1. The lowest BCUT2D eigenvalue weighted by atomic mass is 10.2.